The van der Waals surface area contributed by atoms with Gasteiger partial charge in [0.25, 0.3) is 0 Å². The number of benzene rings is 1. The van der Waals surface area contributed by atoms with Crippen LogP contribution in [0.3, 0.4) is 0 Å². The van der Waals surface area contributed by atoms with Gasteiger partial charge in [0.2, 0.25) is 17.7 Å². The molecular formula is C18H27N3O3. The standard InChI is InChI=1S/C18H27N3O3/c1-12(2)11-19-18(24)16(10-15-8-6-5-7-9-15)21-17(23)13(3)20-14(4)22/h5-9,12-13,16H,10-11H2,1-4H3,(H,19,24)(H,20,22)(H,21,23)/t13-,16-/m0/s1. The summed E-state index contributed by atoms with van der Waals surface area (Å²) in [4.78, 5) is 35.7. The van der Waals surface area contributed by atoms with E-state index in [9.17, 15) is 14.4 Å². The van der Waals surface area contributed by atoms with Crippen LogP contribution in [-0.4, -0.2) is 36.3 Å². The third kappa shape index (κ3) is 7.26. The molecule has 6 nitrogen and oxygen atoms in total. The van der Waals surface area contributed by atoms with E-state index in [1.807, 2.05) is 44.2 Å². The van der Waals surface area contributed by atoms with E-state index >= 15 is 0 Å². The van der Waals surface area contributed by atoms with Gasteiger partial charge >= 0.3 is 0 Å². The van der Waals surface area contributed by atoms with E-state index in [1.54, 1.807) is 6.92 Å². The van der Waals surface area contributed by atoms with Gasteiger partial charge in [-0.3, -0.25) is 14.4 Å². The predicted molar refractivity (Wildman–Crippen MR) is 93.2 cm³/mol. The highest BCUT2D eigenvalue weighted by molar-refractivity contribution is 5.91. The lowest BCUT2D eigenvalue weighted by molar-refractivity contribution is -0.131. The summed E-state index contributed by atoms with van der Waals surface area (Å²) in [5.41, 5.74) is 0.953. The van der Waals surface area contributed by atoms with Crippen molar-refractivity contribution >= 4 is 17.7 Å². The number of carbonyl (C=O) groups excluding carboxylic acids is 3. The van der Waals surface area contributed by atoms with E-state index in [0.29, 0.717) is 18.9 Å². The maximum atomic E-state index is 12.4. The Morgan fingerprint density at radius 2 is 1.58 bits per heavy atom. The highest BCUT2D eigenvalue weighted by Crippen LogP contribution is 2.04. The van der Waals surface area contributed by atoms with Crippen molar-refractivity contribution in [1.29, 1.82) is 0 Å². The Morgan fingerprint density at radius 1 is 0.958 bits per heavy atom. The lowest BCUT2D eigenvalue weighted by Gasteiger charge is -2.21. The summed E-state index contributed by atoms with van der Waals surface area (Å²) in [6.45, 7) is 7.48. The van der Waals surface area contributed by atoms with Crippen molar-refractivity contribution in [3.8, 4) is 0 Å². The van der Waals surface area contributed by atoms with Gasteiger partial charge in [-0.25, -0.2) is 0 Å². The Kier molecular flexibility index (Phi) is 7.95. The minimum atomic E-state index is -0.696. The molecule has 0 unspecified atom stereocenters. The molecule has 0 saturated carbocycles. The molecule has 24 heavy (non-hydrogen) atoms. The summed E-state index contributed by atoms with van der Waals surface area (Å²) in [7, 11) is 0. The summed E-state index contributed by atoms with van der Waals surface area (Å²) in [6, 6.07) is 8.11. The van der Waals surface area contributed by atoms with Crippen LogP contribution in [-0.2, 0) is 20.8 Å². The van der Waals surface area contributed by atoms with Crippen molar-refractivity contribution in [1.82, 2.24) is 16.0 Å². The molecule has 0 radical (unpaired) electrons. The third-order valence-corrected chi connectivity index (χ3v) is 3.41. The molecule has 0 aromatic heterocycles. The molecule has 132 valence electrons. The van der Waals surface area contributed by atoms with Gasteiger partial charge in [-0.1, -0.05) is 44.2 Å². The van der Waals surface area contributed by atoms with Gasteiger partial charge in [0, 0.05) is 19.9 Å². The molecule has 0 fully saturated rings. The maximum Gasteiger partial charge on any atom is 0.242 e. The van der Waals surface area contributed by atoms with Gasteiger partial charge < -0.3 is 16.0 Å². The number of hydrogen-bond acceptors (Lipinski definition) is 3. The largest absolute Gasteiger partial charge is 0.354 e. The molecule has 0 spiro atoms. The highest BCUT2D eigenvalue weighted by Gasteiger charge is 2.24. The fourth-order valence-corrected chi connectivity index (χ4v) is 2.15. The van der Waals surface area contributed by atoms with Crippen molar-refractivity contribution in [3.63, 3.8) is 0 Å². The van der Waals surface area contributed by atoms with Gasteiger partial charge in [-0.15, -0.1) is 0 Å². The van der Waals surface area contributed by atoms with Crippen LogP contribution < -0.4 is 16.0 Å². The molecule has 0 aliphatic heterocycles. The van der Waals surface area contributed by atoms with Crippen molar-refractivity contribution in [2.24, 2.45) is 5.92 Å². The van der Waals surface area contributed by atoms with Crippen LogP contribution in [0.15, 0.2) is 30.3 Å². The molecule has 0 aliphatic carbocycles. The van der Waals surface area contributed by atoms with Crippen LogP contribution >= 0.6 is 0 Å². The molecule has 0 bridgehead atoms. The van der Waals surface area contributed by atoms with Crippen LogP contribution in [0.1, 0.15) is 33.3 Å². The van der Waals surface area contributed by atoms with Gasteiger partial charge in [0.1, 0.15) is 12.1 Å². The molecule has 0 heterocycles. The molecule has 1 aromatic rings. The minimum Gasteiger partial charge on any atom is -0.354 e. The van der Waals surface area contributed by atoms with E-state index in [2.05, 4.69) is 16.0 Å². The van der Waals surface area contributed by atoms with E-state index in [1.165, 1.54) is 6.92 Å². The van der Waals surface area contributed by atoms with Crippen LogP contribution in [0, 0.1) is 5.92 Å². The van der Waals surface area contributed by atoms with Crippen molar-refractivity contribution < 1.29 is 14.4 Å². The topological polar surface area (TPSA) is 87.3 Å². The molecule has 1 rings (SSSR count). The van der Waals surface area contributed by atoms with Gasteiger partial charge in [-0.2, -0.15) is 0 Å². The average Bonchev–Trinajstić information content (AvgIpc) is 2.52. The number of carbonyl (C=O) groups is 3. The highest BCUT2D eigenvalue weighted by atomic mass is 16.2. The molecule has 2 atom stereocenters. The van der Waals surface area contributed by atoms with E-state index in [-0.39, 0.29) is 17.7 Å². The van der Waals surface area contributed by atoms with Crippen LogP contribution in [0.5, 0.6) is 0 Å². The van der Waals surface area contributed by atoms with Gasteiger partial charge in [-0.05, 0) is 18.4 Å². The Balaban J connectivity index is 2.78. The van der Waals surface area contributed by atoms with Crippen molar-refractivity contribution in [3.05, 3.63) is 35.9 Å². The summed E-state index contributed by atoms with van der Waals surface area (Å²) in [5.74, 6) is -0.580. The third-order valence-electron chi connectivity index (χ3n) is 3.41. The Labute approximate surface area is 143 Å². The smallest absolute Gasteiger partial charge is 0.242 e. The molecular weight excluding hydrogens is 306 g/mol. The predicted octanol–water partition coefficient (Wildman–Crippen LogP) is 1.01. The lowest BCUT2D eigenvalue weighted by atomic mass is 10.0. The first kappa shape index (κ1) is 19.7. The van der Waals surface area contributed by atoms with Gasteiger partial charge in [0.05, 0.1) is 0 Å². The molecule has 3 N–H and O–H groups in total. The monoisotopic (exact) mass is 333 g/mol. The van der Waals surface area contributed by atoms with E-state index in [4.69, 9.17) is 0 Å². The normalized spacial score (nSPS) is 13.0. The Hall–Kier alpha value is -2.37. The van der Waals surface area contributed by atoms with E-state index in [0.717, 1.165) is 5.56 Å². The molecule has 1 aromatic carbocycles. The zero-order chi connectivity index (χ0) is 18.1. The molecule has 3 amide bonds. The number of hydrogen-bond donors (Lipinski definition) is 3. The fourth-order valence-electron chi connectivity index (χ4n) is 2.15. The zero-order valence-electron chi connectivity index (χ0n) is 14.8. The van der Waals surface area contributed by atoms with Crippen LogP contribution in [0.25, 0.3) is 0 Å². The van der Waals surface area contributed by atoms with Gasteiger partial charge in [0.15, 0.2) is 0 Å². The maximum absolute atomic E-state index is 12.4. The second-order valence-electron chi connectivity index (χ2n) is 6.31. The quantitative estimate of drug-likeness (QED) is 0.663. The minimum absolute atomic E-state index is 0.226. The first-order chi connectivity index (χ1) is 11.3. The molecule has 0 saturated heterocycles. The fraction of sp³-hybridized carbons (Fsp3) is 0.500. The lowest BCUT2D eigenvalue weighted by Crippen LogP contribution is -2.53. The van der Waals surface area contributed by atoms with Crippen molar-refractivity contribution in [2.75, 3.05) is 6.54 Å². The SMILES string of the molecule is CC(=O)N[C@@H](C)C(=O)N[C@@H](Cc1ccccc1)C(=O)NCC(C)C. The summed E-state index contributed by atoms with van der Waals surface area (Å²) >= 11 is 0. The summed E-state index contributed by atoms with van der Waals surface area (Å²) < 4.78 is 0. The second kappa shape index (κ2) is 9.70. The molecule has 6 heteroatoms. The van der Waals surface area contributed by atoms with Crippen LogP contribution in [0.4, 0.5) is 0 Å². The summed E-state index contributed by atoms with van der Waals surface area (Å²) in [6.07, 6.45) is 0.392. The first-order valence-corrected chi connectivity index (χ1v) is 8.18. The Morgan fingerprint density at radius 3 is 2.12 bits per heavy atom. The zero-order valence-corrected chi connectivity index (χ0v) is 14.8. The summed E-state index contributed by atoms with van der Waals surface area (Å²) in [5, 5.41) is 8.09. The number of amides is 3. The first-order valence-electron chi connectivity index (χ1n) is 8.18. The van der Waals surface area contributed by atoms with Crippen LogP contribution in [0.2, 0.25) is 0 Å². The number of nitrogens with one attached hydrogen (secondary N) is 3. The number of rotatable bonds is 8. The second-order valence-corrected chi connectivity index (χ2v) is 6.31. The molecule has 0 aliphatic rings. The van der Waals surface area contributed by atoms with Crippen molar-refractivity contribution in [2.45, 2.75) is 46.2 Å². The average molecular weight is 333 g/mol. The van der Waals surface area contributed by atoms with E-state index < -0.39 is 12.1 Å². The Bertz CT molecular complexity index is 558.